The van der Waals surface area contributed by atoms with Gasteiger partial charge in [-0.1, -0.05) is 0 Å². The largest absolute Gasteiger partial charge is 0.397 e. The van der Waals surface area contributed by atoms with E-state index in [1.165, 1.54) is 13.1 Å². The van der Waals surface area contributed by atoms with E-state index < -0.39 is 10.0 Å². The zero-order chi connectivity index (χ0) is 15.5. The first-order chi connectivity index (χ1) is 9.97. The molecule has 1 saturated heterocycles. The molecule has 1 aliphatic heterocycles. The first kappa shape index (κ1) is 16.1. The topological polar surface area (TPSA) is 84.7 Å². The lowest BCUT2D eigenvalue weighted by Gasteiger charge is -2.34. The first-order valence-corrected chi connectivity index (χ1v) is 8.66. The molecule has 7 heteroatoms. The molecule has 0 unspecified atom stereocenters. The summed E-state index contributed by atoms with van der Waals surface area (Å²) in [6.45, 7) is 4.36. The van der Waals surface area contributed by atoms with Crippen molar-refractivity contribution < 1.29 is 13.2 Å². The highest BCUT2D eigenvalue weighted by atomic mass is 32.2. The molecule has 0 saturated carbocycles. The molecular formula is C14H23N3O3S. The van der Waals surface area contributed by atoms with Gasteiger partial charge in [0.25, 0.3) is 0 Å². The summed E-state index contributed by atoms with van der Waals surface area (Å²) in [7, 11) is -2.05. The molecule has 0 spiro atoms. The average Bonchev–Trinajstić information content (AvgIpc) is 2.49. The highest BCUT2D eigenvalue weighted by molar-refractivity contribution is 7.89. The van der Waals surface area contributed by atoms with Gasteiger partial charge >= 0.3 is 0 Å². The molecule has 21 heavy (non-hydrogen) atoms. The monoisotopic (exact) mass is 313 g/mol. The van der Waals surface area contributed by atoms with E-state index in [0.29, 0.717) is 5.69 Å². The summed E-state index contributed by atoms with van der Waals surface area (Å²) < 4.78 is 31.7. The lowest BCUT2D eigenvalue weighted by atomic mass is 10.1. The van der Waals surface area contributed by atoms with Gasteiger partial charge in [-0.2, -0.15) is 0 Å². The number of nitrogens with one attached hydrogen (secondary N) is 1. The van der Waals surface area contributed by atoms with Crippen LogP contribution >= 0.6 is 0 Å². The smallest absolute Gasteiger partial charge is 0.240 e. The molecule has 0 bridgehead atoms. The van der Waals surface area contributed by atoms with Gasteiger partial charge in [0.1, 0.15) is 0 Å². The molecule has 2 rings (SSSR count). The molecule has 1 heterocycles. The Bertz CT molecular complexity index is 581. The van der Waals surface area contributed by atoms with E-state index in [-0.39, 0.29) is 11.0 Å². The number of nitrogen functional groups attached to an aromatic ring is 1. The summed E-state index contributed by atoms with van der Waals surface area (Å²) in [4.78, 5) is 2.36. The van der Waals surface area contributed by atoms with Gasteiger partial charge in [0.2, 0.25) is 10.0 Å². The Morgan fingerprint density at radius 3 is 2.62 bits per heavy atom. The van der Waals surface area contributed by atoms with Gasteiger partial charge in [-0.3, -0.25) is 0 Å². The number of ether oxygens (including phenoxy) is 1. The number of hydrogen-bond donors (Lipinski definition) is 2. The highest BCUT2D eigenvalue weighted by Gasteiger charge is 2.22. The molecular weight excluding hydrogens is 290 g/mol. The molecule has 0 amide bonds. The summed E-state index contributed by atoms with van der Waals surface area (Å²) in [6.07, 6.45) is 2.14. The summed E-state index contributed by atoms with van der Waals surface area (Å²) in [5.74, 6) is 0. The van der Waals surface area contributed by atoms with E-state index in [9.17, 15) is 8.42 Å². The molecule has 0 aliphatic carbocycles. The summed E-state index contributed by atoms with van der Waals surface area (Å²) in [5.41, 5.74) is 7.39. The Kier molecular flexibility index (Phi) is 5.08. The molecule has 1 fully saturated rings. The van der Waals surface area contributed by atoms with Crippen LogP contribution in [0.15, 0.2) is 23.1 Å². The maximum atomic E-state index is 11.9. The Labute approximate surface area is 126 Å². The van der Waals surface area contributed by atoms with Crippen molar-refractivity contribution in [3.05, 3.63) is 18.2 Å². The van der Waals surface area contributed by atoms with E-state index in [1.54, 1.807) is 12.1 Å². The molecule has 118 valence electrons. The maximum Gasteiger partial charge on any atom is 0.240 e. The normalized spacial score (nSPS) is 17.1. The van der Waals surface area contributed by atoms with Crippen molar-refractivity contribution in [2.75, 3.05) is 37.4 Å². The molecule has 6 nitrogen and oxygen atoms in total. The second-order valence-electron chi connectivity index (χ2n) is 5.07. The minimum Gasteiger partial charge on any atom is -0.397 e. The van der Waals surface area contributed by atoms with Crippen molar-refractivity contribution in [1.82, 2.24) is 4.72 Å². The van der Waals surface area contributed by atoms with Crippen LogP contribution in [0.3, 0.4) is 0 Å². The Hall–Kier alpha value is -1.31. The second-order valence-corrected chi connectivity index (χ2v) is 6.96. The van der Waals surface area contributed by atoms with Gasteiger partial charge in [-0.15, -0.1) is 0 Å². The van der Waals surface area contributed by atoms with Crippen molar-refractivity contribution >= 4 is 21.4 Å². The predicted octanol–water partition coefficient (Wildman–Crippen LogP) is 1.18. The predicted molar refractivity (Wildman–Crippen MR) is 84.0 cm³/mol. The van der Waals surface area contributed by atoms with Gasteiger partial charge in [-0.25, -0.2) is 13.1 Å². The van der Waals surface area contributed by atoms with Gasteiger partial charge in [-0.05, 0) is 45.0 Å². The SMILES string of the molecule is CCOC1CCN(c2cc(S(=O)(=O)NC)ccc2N)CC1. The summed E-state index contributed by atoms with van der Waals surface area (Å²) in [5, 5.41) is 0. The molecule has 0 atom stereocenters. The first-order valence-electron chi connectivity index (χ1n) is 7.17. The molecule has 1 aromatic carbocycles. The summed E-state index contributed by atoms with van der Waals surface area (Å²) in [6, 6.07) is 4.81. The van der Waals surface area contributed by atoms with Crippen LogP contribution in [-0.4, -0.2) is 41.3 Å². The van der Waals surface area contributed by atoms with Gasteiger partial charge in [0.15, 0.2) is 0 Å². The van der Waals surface area contributed by atoms with E-state index in [1.807, 2.05) is 6.92 Å². The van der Waals surface area contributed by atoms with Crippen molar-refractivity contribution in [3.8, 4) is 0 Å². The number of nitrogens with zero attached hydrogens (tertiary/aromatic N) is 1. The Balaban J connectivity index is 2.19. The van der Waals surface area contributed by atoms with Gasteiger partial charge < -0.3 is 15.4 Å². The van der Waals surface area contributed by atoms with Crippen LogP contribution < -0.4 is 15.4 Å². The van der Waals surface area contributed by atoms with Gasteiger partial charge in [0, 0.05) is 19.7 Å². The number of rotatable bonds is 5. The quantitative estimate of drug-likeness (QED) is 0.798. The van der Waals surface area contributed by atoms with E-state index in [0.717, 1.165) is 38.2 Å². The maximum absolute atomic E-state index is 11.9. The van der Waals surface area contributed by atoms with Gasteiger partial charge in [0.05, 0.1) is 22.4 Å². The van der Waals surface area contributed by atoms with Crippen LogP contribution in [0, 0.1) is 0 Å². The average molecular weight is 313 g/mol. The Morgan fingerprint density at radius 1 is 1.38 bits per heavy atom. The van der Waals surface area contributed by atoms with Crippen LogP contribution in [0.5, 0.6) is 0 Å². The lowest BCUT2D eigenvalue weighted by molar-refractivity contribution is 0.0459. The molecule has 0 radical (unpaired) electrons. The fourth-order valence-corrected chi connectivity index (χ4v) is 3.33. The standard InChI is InChI=1S/C14H23N3O3S/c1-3-20-11-6-8-17(9-7-11)14-10-12(4-5-13(14)15)21(18,19)16-2/h4-5,10-11,16H,3,6-9,15H2,1-2H3. The number of sulfonamides is 1. The van der Waals surface area contributed by atoms with Crippen molar-refractivity contribution in [1.29, 1.82) is 0 Å². The minimum absolute atomic E-state index is 0.237. The third-order valence-corrected chi connectivity index (χ3v) is 5.18. The number of benzene rings is 1. The highest BCUT2D eigenvalue weighted by Crippen LogP contribution is 2.29. The number of piperidine rings is 1. The van der Waals surface area contributed by atoms with E-state index >= 15 is 0 Å². The van der Waals surface area contributed by atoms with Crippen molar-refractivity contribution in [3.63, 3.8) is 0 Å². The van der Waals surface area contributed by atoms with Crippen LogP contribution in [0.1, 0.15) is 19.8 Å². The number of anilines is 2. The van der Waals surface area contributed by atoms with E-state index in [4.69, 9.17) is 10.5 Å². The fraction of sp³-hybridized carbons (Fsp3) is 0.571. The van der Waals surface area contributed by atoms with Crippen LogP contribution in [0.2, 0.25) is 0 Å². The fourth-order valence-electron chi connectivity index (χ4n) is 2.58. The molecule has 0 aromatic heterocycles. The van der Waals surface area contributed by atoms with Crippen molar-refractivity contribution in [2.24, 2.45) is 0 Å². The second kappa shape index (κ2) is 6.64. The molecule has 3 N–H and O–H groups in total. The van der Waals surface area contributed by atoms with E-state index in [2.05, 4.69) is 9.62 Å². The zero-order valence-corrected chi connectivity index (χ0v) is 13.3. The van der Waals surface area contributed by atoms with Crippen LogP contribution in [0.4, 0.5) is 11.4 Å². The van der Waals surface area contributed by atoms with Crippen LogP contribution in [0.25, 0.3) is 0 Å². The van der Waals surface area contributed by atoms with Crippen molar-refractivity contribution in [2.45, 2.75) is 30.8 Å². The summed E-state index contributed by atoms with van der Waals surface area (Å²) >= 11 is 0. The number of hydrogen-bond acceptors (Lipinski definition) is 5. The van der Waals surface area contributed by atoms with Crippen LogP contribution in [-0.2, 0) is 14.8 Å². The zero-order valence-electron chi connectivity index (χ0n) is 12.5. The minimum atomic E-state index is -3.45. The molecule has 1 aliphatic rings. The molecule has 1 aromatic rings. The lowest BCUT2D eigenvalue weighted by Crippen LogP contribution is -2.37. The third-order valence-electron chi connectivity index (χ3n) is 3.77. The third kappa shape index (κ3) is 3.66. The number of nitrogens with two attached hydrogens (primary N) is 1. The Morgan fingerprint density at radius 2 is 2.05 bits per heavy atom.